The summed E-state index contributed by atoms with van der Waals surface area (Å²) in [7, 11) is 0. The molecule has 0 spiro atoms. The average molecular weight is 458 g/mol. The zero-order valence-electron chi connectivity index (χ0n) is 22.5. The van der Waals surface area contributed by atoms with E-state index in [1.165, 1.54) is 10.8 Å². The van der Waals surface area contributed by atoms with Gasteiger partial charge in [-0.05, 0) is 76.0 Å². The molecule has 0 saturated heterocycles. The quantitative estimate of drug-likeness (QED) is 0.264. The highest BCUT2D eigenvalue weighted by Crippen LogP contribution is 2.40. The summed E-state index contributed by atoms with van der Waals surface area (Å²) in [5.74, 6) is 0. The second kappa shape index (κ2) is 8.09. The van der Waals surface area contributed by atoms with Gasteiger partial charge >= 0.3 is 0 Å². The van der Waals surface area contributed by atoms with E-state index in [0.29, 0.717) is 5.56 Å². The first-order valence-electron chi connectivity index (χ1n) is 13.1. The minimum atomic E-state index is -1.48. The van der Waals surface area contributed by atoms with E-state index in [1.807, 2.05) is 39.0 Å². The minimum Gasteiger partial charge on any atom is -0.456 e. The zero-order chi connectivity index (χ0) is 25.9. The fourth-order valence-electron chi connectivity index (χ4n) is 5.11. The maximum Gasteiger partial charge on any atom is 0.136 e. The van der Waals surface area contributed by atoms with Crippen LogP contribution in [0.2, 0.25) is 0 Å². The number of benzene rings is 4. The summed E-state index contributed by atoms with van der Waals surface area (Å²) in [5.41, 5.74) is 7.12. The van der Waals surface area contributed by atoms with E-state index in [2.05, 4.69) is 72.6 Å². The van der Waals surface area contributed by atoms with Crippen molar-refractivity contribution in [1.82, 2.24) is 4.98 Å². The summed E-state index contributed by atoms with van der Waals surface area (Å²) in [6.07, 6.45) is 0.240. The topological polar surface area (TPSA) is 26.0 Å². The third kappa shape index (κ3) is 3.80. The summed E-state index contributed by atoms with van der Waals surface area (Å²) >= 11 is 0. The molecule has 0 bridgehead atoms. The third-order valence-electron chi connectivity index (χ3n) is 6.58. The van der Waals surface area contributed by atoms with Crippen molar-refractivity contribution in [2.45, 2.75) is 34.1 Å². The number of hydrogen-bond donors (Lipinski definition) is 0. The van der Waals surface area contributed by atoms with E-state index in [1.54, 1.807) is 12.3 Å². The summed E-state index contributed by atoms with van der Waals surface area (Å²) in [5, 5.41) is 4.61. The number of para-hydroxylation sites is 1. The number of aromatic nitrogens is 1. The molecule has 6 aromatic rings. The summed E-state index contributed by atoms with van der Waals surface area (Å²) in [6.45, 7) is 7.92. The largest absolute Gasteiger partial charge is 0.456 e. The molecule has 2 nitrogen and oxygen atoms in total. The van der Waals surface area contributed by atoms with E-state index in [4.69, 9.17) is 7.16 Å². The molecule has 0 atom stereocenters. The van der Waals surface area contributed by atoms with Gasteiger partial charge in [-0.3, -0.25) is 4.98 Å². The highest BCUT2D eigenvalue weighted by atomic mass is 16.3. The van der Waals surface area contributed by atoms with Crippen LogP contribution in [0, 0.1) is 12.3 Å². The fourth-order valence-corrected chi connectivity index (χ4v) is 5.11. The Bertz CT molecular complexity index is 1810. The Balaban J connectivity index is 1.54. The molecule has 172 valence electrons. The van der Waals surface area contributed by atoms with E-state index in [-0.39, 0.29) is 0 Å². The summed E-state index contributed by atoms with van der Waals surface area (Å²) in [6, 6.07) is 28.9. The molecular weight excluding hydrogens is 426 g/mol. The Hall–Kier alpha value is -3.91. The van der Waals surface area contributed by atoms with Crippen molar-refractivity contribution in [2.75, 3.05) is 0 Å². The van der Waals surface area contributed by atoms with Gasteiger partial charge in [-0.2, -0.15) is 0 Å². The van der Waals surface area contributed by atoms with Crippen LogP contribution in [0.25, 0.3) is 55.1 Å². The molecule has 0 aliphatic rings. The molecule has 2 heterocycles. The number of pyridine rings is 1. The average Bonchev–Trinajstić information content (AvgIpc) is 3.27. The smallest absolute Gasteiger partial charge is 0.136 e. The molecular formula is C33H29NO. The third-order valence-corrected chi connectivity index (χ3v) is 6.58. The van der Waals surface area contributed by atoms with Gasteiger partial charge < -0.3 is 4.42 Å². The fraction of sp³-hybridized carbons (Fsp3) is 0.182. The van der Waals surface area contributed by atoms with Crippen molar-refractivity contribution >= 4 is 32.7 Å². The lowest BCUT2D eigenvalue weighted by molar-refractivity contribution is 0.411. The first-order chi connectivity index (χ1) is 17.7. The Morgan fingerprint density at radius 3 is 2.34 bits per heavy atom. The van der Waals surface area contributed by atoms with Crippen LogP contribution >= 0.6 is 0 Å². The van der Waals surface area contributed by atoms with Gasteiger partial charge in [-0.1, -0.05) is 81.4 Å². The molecule has 0 fully saturated rings. The Morgan fingerprint density at radius 2 is 1.49 bits per heavy atom. The minimum absolute atomic E-state index is 0.534. The molecule has 0 unspecified atom stereocenters. The molecule has 0 saturated carbocycles. The first-order valence-corrected chi connectivity index (χ1v) is 12.1. The SMILES string of the molecule is [2H]C([2H])(c1ccnc(-c2cccc(-c3cccc4c3ccc3oc5ccccc5c34)c2C)c1)C(C)(C)C. The molecule has 6 rings (SSSR count). The second-order valence-corrected chi connectivity index (χ2v) is 10.2. The Kier molecular flexibility index (Phi) is 4.49. The summed E-state index contributed by atoms with van der Waals surface area (Å²) in [4.78, 5) is 4.65. The number of fused-ring (bicyclic) bond motifs is 5. The highest BCUT2D eigenvalue weighted by Gasteiger charge is 2.16. The van der Waals surface area contributed by atoms with Crippen LogP contribution in [-0.2, 0) is 6.37 Å². The second-order valence-electron chi connectivity index (χ2n) is 10.2. The van der Waals surface area contributed by atoms with Gasteiger partial charge in [0, 0.05) is 25.3 Å². The van der Waals surface area contributed by atoms with Gasteiger partial charge in [0.15, 0.2) is 0 Å². The Morgan fingerprint density at radius 1 is 0.743 bits per heavy atom. The van der Waals surface area contributed by atoms with Crippen LogP contribution in [-0.4, -0.2) is 4.98 Å². The number of nitrogens with zero attached hydrogens (tertiary/aromatic N) is 1. The molecule has 0 aliphatic carbocycles. The molecule has 2 aromatic heterocycles. The molecule has 0 radical (unpaired) electrons. The lowest BCUT2D eigenvalue weighted by atomic mass is 9.87. The van der Waals surface area contributed by atoms with Crippen molar-refractivity contribution in [1.29, 1.82) is 0 Å². The predicted octanol–water partition coefficient (Wildman–Crippen LogP) is 9.37. The molecule has 2 heteroatoms. The monoisotopic (exact) mass is 457 g/mol. The van der Waals surface area contributed by atoms with Crippen molar-refractivity contribution in [3.8, 4) is 22.4 Å². The van der Waals surface area contributed by atoms with Crippen molar-refractivity contribution in [3.63, 3.8) is 0 Å². The van der Waals surface area contributed by atoms with Crippen LogP contribution in [0.1, 0.15) is 34.6 Å². The van der Waals surface area contributed by atoms with E-state index >= 15 is 0 Å². The molecule has 4 aromatic carbocycles. The van der Waals surface area contributed by atoms with Gasteiger partial charge in [0.05, 0.1) is 5.69 Å². The molecule has 0 amide bonds. The number of rotatable bonds is 3. The number of hydrogen-bond acceptors (Lipinski definition) is 2. The lowest BCUT2D eigenvalue weighted by Gasteiger charge is -2.19. The van der Waals surface area contributed by atoms with Gasteiger partial charge in [-0.15, -0.1) is 0 Å². The van der Waals surface area contributed by atoms with Crippen LogP contribution < -0.4 is 0 Å². The van der Waals surface area contributed by atoms with Crippen molar-refractivity contribution in [2.24, 2.45) is 5.41 Å². The van der Waals surface area contributed by atoms with Gasteiger partial charge in [0.2, 0.25) is 0 Å². The normalized spacial score (nSPS) is 13.4. The zero-order valence-corrected chi connectivity index (χ0v) is 20.5. The van der Waals surface area contributed by atoms with Crippen LogP contribution in [0.15, 0.2) is 95.5 Å². The molecule has 35 heavy (non-hydrogen) atoms. The van der Waals surface area contributed by atoms with E-state index in [9.17, 15) is 0 Å². The van der Waals surface area contributed by atoms with Crippen LogP contribution in [0.3, 0.4) is 0 Å². The first kappa shape index (κ1) is 19.4. The van der Waals surface area contributed by atoms with Gasteiger partial charge in [0.25, 0.3) is 0 Å². The Labute approximate surface area is 209 Å². The maximum atomic E-state index is 8.74. The highest BCUT2D eigenvalue weighted by molar-refractivity contribution is 6.21. The molecule has 0 aliphatic heterocycles. The van der Waals surface area contributed by atoms with Crippen molar-refractivity contribution < 1.29 is 7.16 Å². The standard InChI is InChI=1S/C33H29NO/c1-21-23(10-7-11-24(21)29-19-22(17-18-34-29)20-33(2,3)4)25-12-8-13-27-26(25)15-16-31-32(27)28-9-5-6-14-30(28)35-31/h5-19H,20H2,1-4H3/i20D2. The maximum absolute atomic E-state index is 8.74. The van der Waals surface area contributed by atoms with E-state index < -0.39 is 11.8 Å². The lowest BCUT2D eigenvalue weighted by Crippen LogP contribution is -2.09. The summed E-state index contributed by atoms with van der Waals surface area (Å²) < 4.78 is 23.6. The van der Waals surface area contributed by atoms with Gasteiger partial charge in [0.1, 0.15) is 11.2 Å². The van der Waals surface area contributed by atoms with Crippen molar-refractivity contribution in [3.05, 3.63) is 102 Å². The number of furan rings is 1. The predicted molar refractivity (Wildman–Crippen MR) is 148 cm³/mol. The van der Waals surface area contributed by atoms with Crippen LogP contribution in [0.5, 0.6) is 0 Å². The van der Waals surface area contributed by atoms with Gasteiger partial charge in [-0.25, -0.2) is 0 Å². The van der Waals surface area contributed by atoms with E-state index in [0.717, 1.165) is 49.9 Å². The van der Waals surface area contributed by atoms with Crippen LogP contribution in [0.4, 0.5) is 0 Å². The molecule has 0 N–H and O–H groups in total.